The zero-order valence-corrected chi connectivity index (χ0v) is 17.5. The van der Waals surface area contributed by atoms with Crippen LogP contribution in [-0.4, -0.2) is 26.4 Å². The van der Waals surface area contributed by atoms with Crippen molar-refractivity contribution in [3.8, 4) is 28.0 Å². The number of alkyl halides is 3. The molecule has 0 saturated heterocycles. The zero-order valence-electron chi connectivity index (χ0n) is 16.7. The van der Waals surface area contributed by atoms with Gasteiger partial charge in [-0.25, -0.2) is 13.6 Å². The second-order valence-electron chi connectivity index (χ2n) is 6.85. The van der Waals surface area contributed by atoms with Crippen LogP contribution in [0.5, 0.6) is 5.75 Å². The average Bonchev–Trinajstić information content (AvgIpc) is 2.72. The normalized spacial score (nSPS) is 11.9. The van der Waals surface area contributed by atoms with Crippen molar-refractivity contribution >= 4 is 15.9 Å². The number of carbonyl (C=O) groups is 1. The number of primary sulfonamides is 1. The van der Waals surface area contributed by atoms with Crippen molar-refractivity contribution < 1.29 is 31.1 Å². The van der Waals surface area contributed by atoms with Gasteiger partial charge < -0.3 is 10.5 Å². The van der Waals surface area contributed by atoms with Gasteiger partial charge in [0.25, 0.3) is 0 Å². The van der Waals surface area contributed by atoms with Crippen molar-refractivity contribution in [3.05, 3.63) is 66.0 Å². The number of pyridine rings is 1. The van der Waals surface area contributed by atoms with Gasteiger partial charge in [0.1, 0.15) is 5.75 Å². The number of sulfonamides is 1. The number of primary amides is 1. The van der Waals surface area contributed by atoms with Crippen molar-refractivity contribution in [2.75, 3.05) is 7.11 Å². The average molecular weight is 465 g/mol. The van der Waals surface area contributed by atoms with E-state index in [1.165, 1.54) is 19.2 Å². The van der Waals surface area contributed by atoms with E-state index < -0.39 is 32.6 Å². The predicted octanol–water partition coefficient (Wildman–Crippen LogP) is 3.12. The van der Waals surface area contributed by atoms with Crippen LogP contribution in [0.1, 0.15) is 11.1 Å². The van der Waals surface area contributed by atoms with Gasteiger partial charge >= 0.3 is 6.18 Å². The summed E-state index contributed by atoms with van der Waals surface area (Å²) < 4.78 is 70.0. The van der Waals surface area contributed by atoms with E-state index >= 15 is 0 Å². The lowest BCUT2D eigenvalue weighted by Gasteiger charge is -2.18. The molecule has 0 aliphatic rings. The van der Waals surface area contributed by atoms with Crippen LogP contribution in [0.2, 0.25) is 0 Å². The third-order valence-electron chi connectivity index (χ3n) is 4.65. The predicted molar refractivity (Wildman–Crippen MR) is 111 cm³/mol. The van der Waals surface area contributed by atoms with Gasteiger partial charge in [-0.2, -0.15) is 13.2 Å². The summed E-state index contributed by atoms with van der Waals surface area (Å²) in [6, 6.07) is 9.70. The van der Waals surface area contributed by atoms with Crippen molar-refractivity contribution in [2.24, 2.45) is 10.9 Å². The molecule has 1 amide bonds. The molecule has 1 aromatic heterocycles. The number of carbonyl (C=O) groups excluding carboxylic acids is 1. The summed E-state index contributed by atoms with van der Waals surface area (Å²) in [4.78, 5) is 14.8. The van der Waals surface area contributed by atoms with E-state index in [1.54, 1.807) is 24.3 Å². The molecule has 168 valence electrons. The fraction of sp³-hybridized carbons (Fsp3) is 0.143. The fourth-order valence-electron chi connectivity index (χ4n) is 3.30. The van der Waals surface area contributed by atoms with E-state index in [0.717, 1.165) is 12.3 Å². The van der Waals surface area contributed by atoms with E-state index in [2.05, 4.69) is 4.98 Å². The number of nitrogens with zero attached hydrogens (tertiary/aromatic N) is 1. The smallest absolute Gasteiger partial charge is 0.417 e. The van der Waals surface area contributed by atoms with Gasteiger partial charge in [0, 0.05) is 29.1 Å². The van der Waals surface area contributed by atoms with Gasteiger partial charge in [-0.3, -0.25) is 9.78 Å². The van der Waals surface area contributed by atoms with Crippen molar-refractivity contribution in [3.63, 3.8) is 0 Å². The number of halogens is 3. The molecule has 0 aliphatic carbocycles. The lowest BCUT2D eigenvalue weighted by Crippen LogP contribution is -2.19. The van der Waals surface area contributed by atoms with Crippen LogP contribution in [0.4, 0.5) is 13.2 Å². The number of hydrogen-bond acceptors (Lipinski definition) is 5. The molecular weight excluding hydrogens is 447 g/mol. The molecule has 11 heteroatoms. The number of hydrogen-bond donors (Lipinski definition) is 2. The van der Waals surface area contributed by atoms with Gasteiger partial charge in [0.05, 0.1) is 24.0 Å². The fourth-order valence-corrected chi connectivity index (χ4v) is 4.32. The summed E-state index contributed by atoms with van der Waals surface area (Å²) in [6.07, 6.45) is -3.27. The number of methoxy groups -OCH3 is 1. The molecule has 0 fully saturated rings. The first kappa shape index (κ1) is 23.2. The summed E-state index contributed by atoms with van der Waals surface area (Å²) in [5.41, 5.74) is 4.73. The Balaban J connectivity index is 2.39. The Labute approximate surface area is 181 Å². The minimum atomic E-state index is -4.69. The molecule has 0 radical (unpaired) electrons. The molecule has 0 aliphatic heterocycles. The molecule has 2 aromatic carbocycles. The van der Waals surface area contributed by atoms with Crippen LogP contribution < -0.4 is 15.6 Å². The van der Waals surface area contributed by atoms with Crippen LogP contribution in [0.25, 0.3) is 22.3 Å². The van der Waals surface area contributed by atoms with Crippen molar-refractivity contribution in [1.82, 2.24) is 4.98 Å². The largest absolute Gasteiger partial charge is 0.497 e. The van der Waals surface area contributed by atoms with Gasteiger partial charge in [0.15, 0.2) is 0 Å². The van der Waals surface area contributed by atoms with Gasteiger partial charge in [-0.1, -0.05) is 24.3 Å². The molecule has 7 nitrogen and oxygen atoms in total. The van der Waals surface area contributed by atoms with Crippen LogP contribution in [0.3, 0.4) is 0 Å². The highest BCUT2D eigenvalue weighted by Crippen LogP contribution is 2.40. The van der Waals surface area contributed by atoms with Crippen LogP contribution in [0.15, 0.2) is 59.8 Å². The summed E-state index contributed by atoms with van der Waals surface area (Å²) in [5, 5.41) is 5.50. The number of benzene rings is 2. The lowest BCUT2D eigenvalue weighted by atomic mass is 9.92. The first-order chi connectivity index (χ1) is 14.9. The topological polar surface area (TPSA) is 125 Å². The Morgan fingerprint density at radius 1 is 1.06 bits per heavy atom. The van der Waals surface area contributed by atoms with E-state index in [1.807, 2.05) is 0 Å². The molecular formula is C21H18F3N3O4S. The number of rotatable bonds is 6. The molecule has 0 saturated carbocycles. The van der Waals surface area contributed by atoms with Gasteiger partial charge in [0.2, 0.25) is 15.9 Å². The Kier molecular flexibility index (Phi) is 6.24. The van der Waals surface area contributed by atoms with Crippen LogP contribution >= 0.6 is 0 Å². The monoisotopic (exact) mass is 465 g/mol. The van der Waals surface area contributed by atoms with Crippen molar-refractivity contribution in [1.29, 1.82) is 0 Å². The SMILES string of the molecule is COc1ccc(-c2c(CC(N)=O)ccc(-c3cncc(C(F)(F)F)c3)c2S(N)(=O)=O)cc1. The van der Waals surface area contributed by atoms with E-state index in [4.69, 9.17) is 15.6 Å². The van der Waals surface area contributed by atoms with Crippen LogP contribution in [0, 0.1) is 0 Å². The highest BCUT2D eigenvalue weighted by molar-refractivity contribution is 7.89. The summed E-state index contributed by atoms with van der Waals surface area (Å²) in [5.74, 6) is -0.241. The first-order valence-corrected chi connectivity index (χ1v) is 10.6. The Morgan fingerprint density at radius 3 is 2.25 bits per heavy atom. The van der Waals surface area contributed by atoms with E-state index in [9.17, 15) is 26.4 Å². The second kappa shape index (κ2) is 8.60. The minimum absolute atomic E-state index is 0.0591. The second-order valence-corrected chi connectivity index (χ2v) is 8.35. The first-order valence-electron chi connectivity index (χ1n) is 9.06. The quantitative estimate of drug-likeness (QED) is 0.579. The van der Waals surface area contributed by atoms with Gasteiger partial charge in [-0.15, -0.1) is 0 Å². The number of ether oxygens (including phenoxy) is 1. The molecule has 0 bridgehead atoms. The molecule has 3 rings (SSSR count). The number of amides is 1. The van der Waals surface area contributed by atoms with E-state index in [0.29, 0.717) is 17.5 Å². The number of aromatic nitrogens is 1. The molecule has 4 N–H and O–H groups in total. The Bertz CT molecular complexity index is 1270. The third kappa shape index (κ3) is 4.89. The van der Waals surface area contributed by atoms with Gasteiger partial charge in [-0.05, 0) is 29.3 Å². The van der Waals surface area contributed by atoms with Crippen molar-refractivity contribution in [2.45, 2.75) is 17.5 Å². The maximum absolute atomic E-state index is 13.2. The standard InChI is InChI=1S/C21H18F3N3O4S/c1-31-16-5-2-12(3-6-16)19-13(9-18(25)28)4-7-17(20(19)32(26,29)30)14-8-15(11-27-10-14)21(22,23)24/h2-8,10-11H,9H2,1H3,(H2,25,28)(H2,26,29,30). The maximum atomic E-state index is 13.2. The molecule has 32 heavy (non-hydrogen) atoms. The molecule has 0 unspecified atom stereocenters. The highest BCUT2D eigenvalue weighted by Gasteiger charge is 2.32. The highest BCUT2D eigenvalue weighted by atomic mass is 32.2. The Morgan fingerprint density at radius 2 is 1.72 bits per heavy atom. The molecule has 3 aromatic rings. The molecule has 0 spiro atoms. The lowest BCUT2D eigenvalue weighted by molar-refractivity contribution is -0.137. The van der Waals surface area contributed by atoms with Crippen LogP contribution in [-0.2, 0) is 27.4 Å². The molecule has 0 atom stereocenters. The Hall–Kier alpha value is -3.44. The minimum Gasteiger partial charge on any atom is -0.497 e. The summed E-state index contributed by atoms with van der Waals surface area (Å²) >= 11 is 0. The number of nitrogens with two attached hydrogens (primary N) is 2. The summed E-state index contributed by atoms with van der Waals surface area (Å²) in [7, 11) is -3.03. The van der Waals surface area contributed by atoms with E-state index in [-0.39, 0.29) is 28.7 Å². The summed E-state index contributed by atoms with van der Waals surface area (Å²) in [6.45, 7) is 0. The molecule has 1 heterocycles. The maximum Gasteiger partial charge on any atom is 0.417 e. The zero-order chi connectivity index (χ0) is 23.7. The third-order valence-corrected chi connectivity index (χ3v) is 5.64.